The van der Waals surface area contributed by atoms with E-state index < -0.39 is 5.97 Å². The first-order valence-corrected chi connectivity index (χ1v) is 9.42. The molecule has 0 aromatic heterocycles. The molecule has 1 fully saturated rings. The number of ether oxygens (including phenoxy) is 4. The molecule has 1 saturated heterocycles. The number of hydrogen-bond donors (Lipinski definition) is 0. The Morgan fingerprint density at radius 2 is 2.00 bits per heavy atom. The van der Waals surface area contributed by atoms with E-state index in [9.17, 15) is 14.4 Å². The third-order valence-corrected chi connectivity index (χ3v) is 4.90. The zero-order chi connectivity index (χ0) is 20.7. The van der Waals surface area contributed by atoms with Crippen molar-refractivity contribution in [2.75, 3.05) is 41.1 Å². The smallest absolute Gasteiger partial charge is 0.343 e. The van der Waals surface area contributed by atoms with Crippen LogP contribution in [0.1, 0.15) is 12.0 Å². The minimum atomic E-state index is -0.565. The third kappa shape index (κ3) is 5.40. The Kier molecular flexibility index (Phi) is 8.16. The van der Waals surface area contributed by atoms with Gasteiger partial charge in [-0.25, -0.2) is 4.79 Å². The Morgan fingerprint density at radius 3 is 2.64 bits per heavy atom. The van der Waals surface area contributed by atoms with Crippen molar-refractivity contribution in [1.82, 2.24) is 4.90 Å². The number of benzene rings is 1. The van der Waals surface area contributed by atoms with Crippen molar-refractivity contribution in [3.63, 3.8) is 0 Å². The number of thioether (sulfide) groups is 1. The lowest BCUT2D eigenvalue weighted by atomic mass is 10.1. The van der Waals surface area contributed by atoms with Crippen LogP contribution in [0.25, 0.3) is 6.08 Å². The number of hydrogen-bond acceptors (Lipinski definition) is 8. The summed E-state index contributed by atoms with van der Waals surface area (Å²) in [6.07, 6.45) is 2.12. The van der Waals surface area contributed by atoms with E-state index in [1.54, 1.807) is 25.3 Å². The highest BCUT2D eigenvalue weighted by Gasteiger charge is 2.34. The van der Waals surface area contributed by atoms with Crippen molar-refractivity contribution in [2.45, 2.75) is 6.42 Å². The summed E-state index contributed by atoms with van der Waals surface area (Å²) in [6.45, 7) is 0.424. The molecule has 0 bridgehead atoms. The molecule has 0 saturated carbocycles. The zero-order valence-corrected chi connectivity index (χ0v) is 17.2. The van der Waals surface area contributed by atoms with Gasteiger partial charge in [-0.2, -0.15) is 0 Å². The molecule has 0 atom stereocenters. The van der Waals surface area contributed by atoms with Gasteiger partial charge in [0.15, 0.2) is 18.1 Å². The molecular weight excluding hydrogens is 410 g/mol. The van der Waals surface area contributed by atoms with Gasteiger partial charge in [-0.15, -0.1) is 0 Å². The fourth-order valence-corrected chi connectivity index (χ4v) is 3.50. The van der Waals surface area contributed by atoms with E-state index in [-0.39, 0.29) is 39.2 Å². The van der Waals surface area contributed by atoms with Crippen molar-refractivity contribution < 1.29 is 33.3 Å². The van der Waals surface area contributed by atoms with Crippen LogP contribution in [0.4, 0.5) is 4.79 Å². The van der Waals surface area contributed by atoms with Gasteiger partial charge in [0.2, 0.25) is 0 Å². The monoisotopic (exact) mass is 429 g/mol. The molecule has 0 spiro atoms. The van der Waals surface area contributed by atoms with Crippen LogP contribution in [0.15, 0.2) is 17.0 Å². The first-order chi connectivity index (χ1) is 13.4. The number of halogens is 1. The van der Waals surface area contributed by atoms with Crippen LogP contribution in [0.5, 0.6) is 11.5 Å². The second kappa shape index (κ2) is 10.4. The van der Waals surface area contributed by atoms with Gasteiger partial charge in [-0.05, 0) is 42.0 Å². The molecule has 10 heteroatoms. The molecule has 0 N–H and O–H groups in total. The Hall–Kier alpha value is -2.23. The van der Waals surface area contributed by atoms with Gasteiger partial charge in [0.25, 0.3) is 11.1 Å². The van der Waals surface area contributed by atoms with E-state index in [2.05, 4.69) is 4.74 Å². The fourth-order valence-electron chi connectivity index (χ4n) is 2.36. The highest BCUT2D eigenvalue weighted by atomic mass is 35.5. The van der Waals surface area contributed by atoms with Crippen molar-refractivity contribution in [1.29, 1.82) is 0 Å². The second-order valence-electron chi connectivity index (χ2n) is 5.58. The fraction of sp³-hybridized carbons (Fsp3) is 0.389. The van der Waals surface area contributed by atoms with Gasteiger partial charge < -0.3 is 18.9 Å². The number of nitrogens with zero attached hydrogens (tertiary/aromatic N) is 1. The summed E-state index contributed by atoms with van der Waals surface area (Å²) in [4.78, 5) is 37.3. The molecule has 8 nitrogen and oxygen atoms in total. The highest BCUT2D eigenvalue weighted by molar-refractivity contribution is 8.18. The van der Waals surface area contributed by atoms with Crippen LogP contribution >= 0.6 is 23.4 Å². The lowest BCUT2D eigenvalue weighted by Gasteiger charge is -2.13. The van der Waals surface area contributed by atoms with Crippen LogP contribution in [-0.4, -0.2) is 63.1 Å². The molecule has 2 amide bonds. The topological polar surface area (TPSA) is 91.4 Å². The number of methoxy groups -OCH3 is 3. The maximum atomic E-state index is 12.5. The highest BCUT2D eigenvalue weighted by Crippen LogP contribution is 2.39. The van der Waals surface area contributed by atoms with Crippen LogP contribution in [-0.2, 0) is 19.1 Å². The summed E-state index contributed by atoms with van der Waals surface area (Å²) in [7, 11) is 4.23. The SMILES string of the molecule is COCCCN1C(=O)S/C(=C/c2cc(Cl)c(OCC(=O)OC)c(OC)c2)C1=O. The standard InChI is InChI=1S/C18H20ClNO7S/c1-24-6-4-5-20-17(22)14(28-18(20)23)9-11-7-12(19)16(13(8-11)25-2)27-10-15(21)26-3/h7-9H,4-6,10H2,1-3H3/b14-9+. The molecule has 2 rings (SSSR count). The van der Waals surface area contributed by atoms with E-state index in [1.165, 1.54) is 19.1 Å². The number of amides is 2. The molecule has 1 aliphatic rings. The minimum Gasteiger partial charge on any atom is -0.493 e. The normalized spacial score (nSPS) is 15.3. The molecule has 152 valence electrons. The number of esters is 1. The molecule has 0 unspecified atom stereocenters. The van der Waals surface area contributed by atoms with E-state index in [1.807, 2.05) is 0 Å². The van der Waals surface area contributed by atoms with E-state index in [0.717, 1.165) is 11.8 Å². The summed E-state index contributed by atoms with van der Waals surface area (Å²) < 4.78 is 20.1. The number of imide groups is 1. The predicted molar refractivity (Wildman–Crippen MR) is 105 cm³/mol. The van der Waals surface area contributed by atoms with Gasteiger partial charge in [0, 0.05) is 20.3 Å². The maximum Gasteiger partial charge on any atom is 0.343 e. The Bertz CT molecular complexity index is 796. The van der Waals surface area contributed by atoms with Crippen LogP contribution in [0, 0.1) is 0 Å². The number of carbonyl (C=O) groups excluding carboxylic acids is 3. The summed E-state index contributed by atoms with van der Waals surface area (Å²) in [6, 6.07) is 3.15. The van der Waals surface area contributed by atoms with Gasteiger partial charge in [0.1, 0.15) is 0 Å². The lowest BCUT2D eigenvalue weighted by molar-refractivity contribution is -0.142. The predicted octanol–water partition coefficient (Wildman–Crippen LogP) is 2.97. The van der Waals surface area contributed by atoms with E-state index >= 15 is 0 Å². The summed E-state index contributed by atoms with van der Waals surface area (Å²) >= 11 is 7.09. The van der Waals surface area contributed by atoms with Crippen LogP contribution < -0.4 is 9.47 Å². The molecule has 1 aromatic rings. The van der Waals surface area contributed by atoms with Crippen molar-refractivity contribution in [3.05, 3.63) is 27.6 Å². The molecule has 1 aromatic carbocycles. The Labute approximate surface area is 171 Å². The maximum absolute atomic E-state index is 12.5. The zero-order valence-electron chi connectivity index (χ0n) is 15.7. The number of carbonyl (C=O) groups is 3. The molecule has 0 aliphatic carbocycles. The second-order valence-corrected chi connectivity index (χ2v) is 6.98. The van der Waals surface area contributed by atoms with Crippen molar-refractivity contribution >= 4 is 46.6 Å². The molecule has 1 heterocycles. The number of rotatable bonds is 9. The minimum absolute atomic E-state index is 0.180. The lowest BCUT2D eigenvalue weighted by Crippen LogP contribution is -2.29. The van der Waals surface area contributed by atoms with Gasteiger partial charge in [-0.1, -0.05) is 11.6 Å². The molecule has 0 radical (unpaired) electrons. The Balaban J connectivity index is 2.21. The van der Waals surface area contributed by atoms with Gasteiger partial charge in [-0.3, -0.25) is 14.5 Å². The molecular formula is C18H20ClNO7S. The third-order valence-electron chi connectivity index (χ3n) is 3.72. The van der Waals surface area contributed by atoms with Gasteiger partial charge >= 0.3 is 5.97 Å². The van der Waals surface area contributed by atoms with Gasteiger partial charge in [0.05, 0.1) is 24.1 Å². The molecule has 1 aliphatic heterocycles. The Morgan fingerprint density at radius 1 is 1.25 bits per heavy atom. The van der Waals surface area contributed by atoms with Crippen LogP contribution in [0.3, 0.4) is 0 Å². The van der Waals surface area contributed by atoms with Crippen molar-refractivity contribution in [3.8, 4) is 11.5 Å². The quantitative estimate of drug-likeness (QED) is 0.336. The van der Waals surface area contributed by atoms with E-state index in [0.29, 0.717) is 25.1 Å². The summed E-state index contributed by atoms with van der Waals surface area (Å²) in [5.74, 6) is -0.474. The summed E-state index contributed by atoms with van der Waals surface area (Å²) in [5.41, 5.74) is 0.551. The van der Waals surface area contributed by atoms with E-state index in [4.69, 9.17) is 25.8 Å². The summed E-state index contributed by atoms with van der Waals surface area (Å²) in [5, 5.41) is -0.141. The first-order valence-electron chi connectivity index (χ1n) is 8.22. The average molecular weight is 430 g/mol. The van der Waals surface area contributed by atoms with Crippen molar-refractivity contribution in [2.24, 2.45) is 0 Å². The average Bonchev–Trinajstić information content (AvgIpc) is 2.93. The van der Waals surface area contributed by atoms with Crippen LogP contribution in [0.2, 0.25) is 5.02 Å². The molecule has 28 heavy (non-hydrogen) atoms. The largest absolute Gasteiger partial charge is 0.493 e. The first kappa shape index (κ1) is 22.1.